The van der Waals surface area contributed by atoms with Gasteiger partial charge >= 0.3 is 5.97 Å². The van der Waals surface area contributed by atoms with E-state index in [0.717, 1.165) is 0 Å². The fourth-order valence-electron chi connectivity index (χ4n) is 0.856. The number of furan rings is 1. The van der Waals surface area contributed by atoms with Crippen molar-refractivity contribution < 1.29 is 18.5 Å². The van der Waals surface area contributed by atoms with Crippen LogP contribution in [0.25, 0.3) is 0 Å². The van der Waals surface area contributed by atoms with E-state index < -0.39 is 16.8 Å². The van der Waals surface area contributed by atoms with Gasteiger partial charge in [0.05, 0.1) is 12.0 Å². The first-order chi connectivity index (χ1) is 5.61. The lowest BCUT2D eigenvalue weighted by Crippen LogP contribution is -2.00. The third-order valence-corrected chi connectivity index (χ3v) is 2.02. The SMILES string of the molecule is CS(=O)Cc1ccoc1C(=O)O. The molecule has 0 aliphatic heterocycles. The molecule has 1 aromatic rings. The Balaban J connectivity index is 2.91. The minimum absolute atomic E-state index is 0.120. The van der Waals surface area contributed by atoms with Gasteiger partial charge in [0.25, 0.3) is 0 Å². The maximum absolute atomic E-state index is 10.8. The molecule has 0 fully saturated rings. The summed E-state index contributed by atoms with van der Waals surface area (Å²) in [7, 11) is -1.05. The first-order valence-electron chi connectivity index (χ1n) is 3.21. The lowest BCUT2D eigenvalue weighted by Gasteiger charge is -1.93. The van der Waals surface area contributed by atoms with Gasteiger partial charge in [-0.1, -0.05) is 0 Å². The van der Waals surface area contributed by atoms with Gasteiger partial charge in [0.15, 0.2) is 0 Å². The van der Waals surface area contributed by atoms with Crippen LogP contribution in [0.3, 0.4) is 0 Å². The second-order valence-electron chi connectivity index (χ2n) is 2.30. The number of aromatic carboxylic acids is 1. The molecule has 0 aliphatic carbocycles. The number of hydrogen-bond acceptors (Lipinski definition) is 3. The average molecular weight is 188 g/mol. The van der Waals surface area contributed by atoms with Crippen LogP contribution in [0.15, 0.2) is 16.7 Å². The lowest BCUT2D eigenvalue weighted by atomic mass is 10.3. The molecule has 1 unspecified atom stereocenters. The molecule has 0 radical (unpaired) electrons. The zero-order valence-electron chi connectivity index (χ0n) is 6.44. The van der Waals surface area contributed by atoms with Crippen LogP contribution in [0.4, 0.5) is 0 Å². The van der Waals surface area contributed by atoms with Gasteiger partial charge < -0.3 is 9.52 Å². The van der Waals surface area contributed by atoms with Gasteiger partial charge in [-0.05, 0) is 6.07 Å². The van der Waals surface area contributed by atoms with Crippen LogP contribution in [0.5, 0.6) is 0 Å². The van der Waals surface area contributed by atoms with Crippen molar-refractivity contribution in [3.8, 4) is 0 Å². The summed E-state index contributed by atoms with van der Waals surface area (Å²) in [6.45, 7) is 0. The van der Waals surface area contributed by atoms with Gasteiger partial charge in [0, 0.05) is 22.6 Å². The minimum atomic E-state index is -1.12. The normalized spacial score (nSPS) is 12.8. The molecule has 1 heterocycles. The Morgan fingerprint density at radius 3 is 2.92 bits per heavy atom. The number of rotatable bonds is 3. The molecular formula is C7H8O4S. The number of hydrogen-bond donors (Lipinski definition) is 1. The number of carbonyl (C=O) groups is 1. The topological polar surface area (TPSA) is 67.5 Å². The van der Waals surface area contributed by atoms with Crippen molar-refractivity contribution in [3.63, 3.8) is 0 Å². The van der Waals surface area contributed by atoms with Crippen molar-refractivity contribution in [1.82, 2.24) is 0 Å². The average Bonchev–Trinajstić information content (AvgIpc) is 2.33. The highest BCUT2D eigenvalue weighted by Gasteiger charge is 2.14. The summed E-state index contributed by atoms with van der Waals surface area (Å²) in [6.07, 6.45) is 2.80. The molecule has 1 aromatic heterocycles. The van der Waals surface area contributed by atoms with Gasteiger partial charge in [0.1, 0.15) is 0 Å². The third-order valence-electron chi connectivity index (χ3n) is 1.30. The van der Waals surface area contributed by atoms with Crippen LogP contribution in [0, 0.1) is 0 Å². The molecule has 1 rings (SSSR count). The van der Waals surface area contributed by atoms with E-state index >= 15 is 0 Å². The van der Waals surface area contributed by atoms with E-state index in [1.54, 1.807) is 0 Å². The Labute approximate surface area is 71.7 Å². The van der Waals surface area contributed by atoms with Gasteiger partial charge in [-0.3, -0.25) is 4.21 Å². The van der Waals surface area contributed by atoms with Crippen molar-refractivity contribution in [2.45, 2.75) is 5.75 Å². The van der Waals surface area contributed by atoms with Crippen LogP contribution in [-0.2, 0) is 16.6 Å². The monoisotopic (exact) mass is 188 g/mol. The minimum Gasteiger partial charge on any atom is -0.475 e. The third kappa shape index (κ3) is 1.94. The molecule has 0 aromatic carbocycles. The molecule has 1 N–H and O–H groups in total. The molecule has 12 heavy (non-hydrogen) atoms. The highest BCUT2D eigenvalue weighted by molar-refractivity contribution is 7.83. The quantitative estimate of drug-likeness (QED) is 0.763. The highest BCUT2D eigenvalue weighted by Crippen LogP contribution is 2.11. The maximum atomic E-state index is 10.8. The van der Waals surface area contributed by atoms with E-state index in [1.807, 2.05) is 0 Å². The Kier molecular flexibility index (Phi) is 2.65. The predicted molar refractivity (Wildman–Crippen MR) is 43.4 cm³/mol. The zero-order chi connectivity index (χ0) is 9.14. The molecule has 0 bridgehead atoms. The Bertz CT molecular complexity index is 315. The predicted octanol–water partition coefficient (Wildman–Crippen LogP) is 0.856. The van der Waals surface area contributed by atoms with Crippen molar-refractivity contribution >= 4 is 16.8 Å². The van der Waals surface area contributed by atoms with E-state index in [2.05, 4.69) is 0 Å². The van der Waals surface area contributed by atoms with Gasteiger partial charge in [-0.15, -0.1) is 0 Å². The molecule has 0 amide bonds. The van der Waals surface area contributed by atoms with E-state index in [1.165, 1.54) is 18.6 Å². The van der Waals surface area contributed by atoms with Crippen molar-refractivity contribution in [3.05, 3.63) is 23.7 Å². The van der Waals surface area contributed by atoms with Crippen LogP contribution in [0.1, 0.15) is 16.1 Å². The first kappa shape index (κ1) is 8.99. The second-order valence-corrected chi connectivity index (χ2v) is 3.73. The first-order valence-corrected chi connectivity index (χ1v) is 4.93. The zero-order valence-corrected chi connectivity index (χ0v) is 7.26. The van der Waals surface area contributed by atoms with Gasteiger partial charge in [-0.2, -0.15) is 0 Å². The van der Waals surface area contributed by atoms with Crippen molar-refractivity contribution in [1.29, 1.82) is 0 Å². The Morgan fingerprint density at radius 1 is 1.75 bits per heavy atom. The molecule has 0 saturated carbocycles. The summed E-state index contributed by atoms with van der Waals surface area (Å²) in [4.78, 5) is 10.5. The molecule has 66 valence electrons. The molecular weight excluding hydrogens is 180 g/mol. The van der Waals surface area contributed by atoms with Gasteiger partial charge in [0.2, 0.25) is 5.76 Å². The molecule has 1 atom stereocenters. The van der Waals surface area contributed by atoms with Crippen LogP contribution >= 0.6 is 0 Å². The van der Waals surface area contributed by atoms with Crippen molar-refractivity contribution in [2.24, 2.45) is 0 Å². The highest BCUT2D eigenvalue weighted by atomic mass is 32.2. The van der Waals surface area contributed by atoms with Crippen LogP contribution in [-0.4, -0.2) is 21.5 Å². The summed E-state index contributed by atoms with van der Waals surface area (Å²) in [5.74, 6) is -1.02. The second kappa shape index (κ2) is 3.53. The van der Waals surface area contributed by atoms with E-state index in [9.17, 15) is 9.00 Å². The van der Waals surface area contributed by atoms with Gasteiger partial charge in [-0.25, -0.2) is 4.79 Å². The summed E-state index contributed by atoms with van der Waals surface area (Å²) >= 11 is 0. The summed E-state index contributed by atoms with van der Waals surface area (Å²) in [5, 5.41) is 8.57. The van der Waals surface area contributed by atoms with E-state index in [0.29, 0.717) is 5.56 Å². The Hall–Kier alpha value is -1.10. The molecule has 0 aliphatic rings. The lowest BCUT2D eigenvalue weighted by molar-refractivity contribution is 0.0661. The smallest absolute Gasteiger partial charge is 0.372 e. The van der Waals surface area contributed by atoms with E-state index in [4.69, 9.17) is 9.52 Å². The largest absolute Gasteiger partial charge is 0.475 e. The summed E-state index contributed by atoms with van der Waals surface area (Å²) < 4.78 is 15.5. The maximum Gasteiger partial charge on any atom is 0.372 e. The number of carboxylic acids is 1. The standard InChI is InChI=1S/C7H8O4S/c1-12(10)4-5-2-3-11-6(5)7(8)9/h2-3H,4H2,1H3,(H,8,9). The molecule has 5 heteroatoms. The Morgan fingerprint density at radius 2 is 2.42 bits per heavy atom. The van der Waals surface area contributed by atoms with Crippen LogP contribution < -0.4 is 0 Å². The van der Waals surface area contributed by atoms with E-state index in [-0.39, 0.29) is 11.5 Å². The molecule has 0 spiro atoms. The fourth-order valence-corrected chi connectivity index (χ4v) is 1.52. The summed E-state index contributed by atoms with van der Waals surface area (Å²) in [6, 6.07) is 1.52. The molecule has 4 nitrogen and oxygen atoms in total. The molecule has 0 saturated heterocycles. The van der Waals surface area contributed by atoms with Crippen molar-refractivity contribution in [2.75, 3.05) is 6.26 Å². The van der Waals surface area contributed by atoms with Crippen LogP contribution in [0.2, 0.25) is 0 Å². The number of carboxylic acid groups (broad SMARTS) is 1. The fraction of sp³-hybridized carbons (Fsp3) is 0.286. The summed E-state index contributed by atoms with van der Waals surface area (Å²) in [5.41, 5.74) is 0.475.